The van der Waals surface area contributed by atoms with Crippen LogP contribution < -0.4 is 5.32 Å². The van der Waals surface area contributed by atoms with Crippen molar-refractivity contribution < 1.29 is 19.4 Å². The Hall–Kier alpha value is -1.14. The number of hydrogen-bond donors (Lipinski definition) is 2. The van der Waals surface area contributed by atoms with Crippen LogP contribution in [-0.2, 0) is 14.3 Å². The maximum atomic E-state index is 12.8. The van der Waals surface area contributed by atoms with Crippen molar-refractivity contribution in [3.8, 4) is 0 Å². The molecule has 0 aromatic heterocycles. The van der Waals surface area contributed by atoms with Crippen molar-refractivity contribution in [1.29, 1.82) is 0 Å². The monoisotopic (exact) mass is 296 g/mol. The molecule has 118 valence electrons. The molecule has 0 spiro atoms. The average molecular weight is 296 g/mol. The van der Waals surface area contributed by atoms with E-state index in [4.69, 9.17) is 4.74 Å². The highest BCUT2D eigenvalue weighted by atomic mass is 16.5. The largest absolute Gasteiger partial charge is 0.480 e. The maximum absolute atomic E-state index is 12.8. The van der Waals surface area contributed by atoms with Gasteiger partial charge in [-0.2, -0.15) is 0 Å². The second-order valence-corrected chi connectivity index (χ2v) is 6.44. The van der Waals surface area contributed by atoms with Crippen LogP contribution in [0, 0.1) is 17.8 Å². The Kier molecular flexibility index (Phi) is 4.17. The van der Waals surface area contributed by atoms with Crippen LogP contribution >= 0.6 is 0 Å². The molecule has 0 bridgehead atoms. The van der Waals surface area contributed by atoms with Crippen LogP contribution in [0.1, 0.15) is 26.2 Å². The van der Waals surface area contributed by atoms with Crippen LogP contribution in [0.5, 0.6) is 0 Å². The van der Waals surface area contributed by atoms with E-state index in [-0.39, 0.29) is 23.8 Å². The van der Waals surface area contributed by atoms with Crippen molar-refractivity contribution in [2.75, 3.05) is 26.3 Å². The Morgan fingerprint density at radius 1 is 1.33 bits per heavy atom. The summed E-state index contributed by atoms with van der Waals surface area (Å²) in [5.74, 6) is -0.621. The Morgan fingerprint density at radius 3 is 2.86 bits per heavy atom. The van der Waals surface area contributed by atoms with Gasteiger partial charge in [0.05, 0.1) is 19.1 Å². The molecule has 2 N–H and O–H groups in total. The number of rotatable bonds is 4. The normalized spacial score (nSPS) is 38.7. The molecule has 1 saturated carbocycles. The zero-order valence-electron chi connectivity index (χ0n) is 12.5. The molecule has 3 rings (SSSR count). The summed E-state index contributed by atoms with van der Waals surface area (Å²) >= 11 is 0. The molecule has 2 heterocycles. The van der Waals surface area contributed by atoms with Crippen molar-refractivity contribution in [2.24, 2.45) is 17.8 Å². The smallest absolute Gasteiger partial charge is 0.326 e. The van der Waals surface area contributed by atoms with Gasteiger partial charge in [-0.05, 0) is 31.2 Å². The van der Waals surface area contributed by atoms with Gasteiger partial charge in [0, 0.05) is 12.6 Å². The predicted octanol–water partition coefficient (Wildman–Crippen LogP) is 0.323. The van der Waals surface area contributed by atoms with E-state index in [1.165, 1.54) is 0 Å². The van der Waals surface area contributed by atoms with Crippen molar-refractivity contribution in [2.45, 2.75) is 38.3 Å². The van der Waals surface area contributed by atoms with Crippen LogP contribution in [0.15, 0.2) is 0 Å². The highest BCUT2D eigenvalue weighted by Gasteiger charge is 2.51. The molecular weight excluding hydrogens is 272 g/mol. The standard InChI is InChI=1S/C15H24N2O4/c1-2-16-12-8-21-7-11(12)14(18)17-6-9-4-3-5-10(9)13(17)15(19)20/h9-13,16H,2-8H2,1H3,(H,19,20). The molecule has 6 nitrogen and oxygen atoms in total. The van der Waals surface area contributed by atoms with Crippen molar-refractivity contribution in [3.05, 3.63) is 0 Å². The zero-order chi connectivity index (χ0) is 15.0. The van der Waals surface area contributed by atoms with Gasteiger partial charge in [0.1, 0.15) is 6.04 Å². The van der Waals surface area contributed by atoms with E-state index in [0.717, 1.165) is 25.8 Å². The Morgan fingerprint density at radius 2 is 2.14 bits per heavy atom. The van der Waals surface area contributed by atoms with Gasteiger partial charge in [0.25, 0.3) is 0 Å². The molecule has 5 unspecified atom stereocenters. The van der Waals surface area contributed by atoms with E-state index in [0.29, 0.717) is 25.7 Å². The average Bonchev–Trinajstić information content (AvgIpc) is 3.11. The fourth-order valence-corrected chi connectivity index (χ4v) is 4.32. The fraction of sp³-hybridized carbons (Fsp3) is 0.867. The summed E-state index contributed by atoms with van der Waals surface area (Å²) < 4.78 is 5.44. The van der Waals surface area contributed by atoms with E-state index in [1.807, 2.05) is 6.92 Å². The Balaban J connectivity index is 1.75. The third-order valence-corrected chi connectivity index (χ3v) is 5.29. The maximum Gasteiger partial charge on any atom is 0.326 e. The molecular formula is C15H24N2O4. The van der Waals surface area contributed by atoms with E-state index in [1.54, 1.807) is 4.90 Å². The lowest BCUT2D eigenvalue weighted by Gasteiger charge is -2.28. The lowest BCUT2D eigenvalue weighted by atomic mass is 9.94. The summed E-state index contributed by atoms with van der Waals surface area (Å²) in [6.07, 6.45) is 3.08. The topological polar surface area (TPSA) is 78.9 Å². The van der Waals surface area contributed by atoms with Crippen LogP contribution in [-0.4, -0.2) is 60.3 Å². The second kappa shape index (κ2) is 5.93. The highest BCUT2D eigenvalue weighted by molar-refractivity contribution is 5.86. The van der Waals surface area contributed by atoms with Gasteiger partial charge in [-0.3, -0.25) is 4.79 Å². The number of likely N-dealkylation sites (N-methyl/N-ethyl adjacent to an activating group) is 1. The highest BCUT2D eigenvalue weighted by Crippen LogP contribution is 2.43. The quantitative estimate of drug-likeness (QED) is 0.781. The molecule has 3 aliphatic rings. The first-order chi connectivity index (χ1) is 10.1. The minimum Gasteiger partial charge on any atom is -0.480 e. The summed E-state index contributed by atoms with van der Waals surface area (Å²) in [6, 6.07) is -0.620. The number of fused-ring (bicyclic) bond motifs is 1. The lowest BCUT2D eigenvalue weighted by molar-refractivity contribution is -0.151. The van der Waals surface area contributed by atoms with E-state index in [9.17, 15) is 14.7 Å². The predicted molar refractivity (Wildman–Crippen MR) is 75.7 cm³/mol. The first-order valence-electron chi connectivity index (χ1n) is 7.98. The van der Waals surface area contributed by atoms with E-state index >= 15 is 0 Å². The summed E-state index contributed by atoms with van der Waals surface area (Å²) in [6.45, 7) is 4.32. The fourth-order valence-electron chi connectivity index (χ4n) is 4.32. The van der Waals surface area contributed by atoms with Crippen LogP contribution in [0.25, 0.3) is 0 Å². The van der Waals surface area contributed by atoms with Crippen LogP contribution in [0.2, 0.25) is 0 Å². The van der Waals surface area contributed by atoms with Gasteiger partial charge in [0.15, 0.2) is 0 Å². The number of ether oxygens (including phenoxy) is 1. The number of likely N-dealkylation sites (tertiary alicyclic amines) is 1. The van der Waals surface area contributed by atoms with Crippen molar-refractivity contribution in [1.82, 2.24) is 10.2 Å². The number of nitrogens with zero attached hydrogens (tertiary/aromatic N) is 1. The third kappa shape index (κ3) is 2.55. The molecule has 6 heteroatoms. The molecule has 2 aliphatic heterocycles. The number of carboxylic acids is 1. The van der Waals surface area contributed by atoms with Gasteiger partial charge in [-0.15, -0.1) is 0 Å². The number of carboxylic acid groups (broad SMARTS) is 1. The minimum absolute atomic E-state index is 0.0115. The van der Waals surface area contributed by atoms with Crippen molar-refractivity contribution >= 4 is 11.9 Å². The number of nitrogens with one attached hydrogen (secondary N) is 1. The second-order valence-electron chi connectivity index (χ2n) is 6.44. The third-order valence-electron chi connectivity index (χ3n) is 5.29. The molecule has 0 radical (unpaired) electrons. The summed E-state index contributed by atoms with van der Waals surface area (Å²) in [4.78, 5) is 26.1. The SMILES string of the molecule is CCNC1COCC1C(=O)N1CC2CCCC2C1C(=O)O. The number of aliphatic carboxylic acids is 1. The van der Waals surface area contributed by atoms with Gasteiger partial charge < -0.3 is 20.1 Å². The molecule has 3 fully saturated rings. The minimum atomic E-state index is -0.850. The van der Waals surface area contributed by atoms with Gasteiger partial charge in [-0.1, -0.05) is 13.3 Å². The molecule has 2 saturated heterocycles. The Labute approximate surface area is 124 Å². The lowest BCUT2D eigenvalue weighted by Crippen LogP contribution is -2.50. The first-order valence-corrected chi connectivity index (χ1v) is 7.98. The van der Waals surface area contributed by atoms with Gasteiger partial charge in [-0.25, -0.2) is 4.79 Å². The van der Waals surface area contributed by atoms with Crippen LogP contribution in [0.4, 0.5) is 0 Å². The zero-order valence-corrected chi connectivity index (χ0v) is 12.5. The first kappa shape index (κ1) is 14.8. The number of carbonyl (C=O) groups is 2. The van der Waals surface area contributed by atoms with E-state index < -0.39 is 12.0 Å². The van der Waals surface area contributed by atoms with Crippen molar-refractivity contribution in [3.63, 3.8) is 0 Å². The molecule has 5 atom stereocenters. The van der Waals surface area contributed by atoms with Gasteiger partial charge in [0.2, 0.25) is 5.91 Å². The number of amides is 1. The van der Waals surface area contributed by atoms with Crippen LogP contribution in [0.3, 0.4) is 0 Å². The van der Waals surface area contributed by atoms with Gasteiger partial charge >= 0.3 is 5.97 Å². The molecule has 1 aliphatic carbocycles. The molecule has 21 heavy (non-hydrogen) atoms. The Bertz CT molecular complexity index is 428. The number of hydrogen-bond acceptors (Lipinski definition) is 4. The van der Waals surface area contributed by atoms with E-state index in [2.05, 4.69) is 5.32 Å². The molecule has 0 aromatic rings. The molecule has 1 amide bonds. The number of carbonyl (C=O) groups excluding carboxylic acids is 1. The summed E-state index contributed by atoms with van der Waals surface area (Å²) in [7, 11) is 0. The summed E-state index contributed by atoms with van der Waals surface area (Å²) in [5, 5.41) is 12.8. The molecule has 0 aromatic carbocycles. The summed E-state index contributed by atoms with van der Waals surface area (Å²) in [5.41, 5.74) is 0.